The lowest BCUT2D eigenvalue weighted by Crippen LogP contribution is -2.32. The van der Waals surface area contributed by atoms with Crippen LogP contribution in [0.1, 0.15) is 12.0 Å². The van der Waals surface area contributed by atoms with Crippen molar-refractivity contribution < 1.29 is 18.0 Å². The highest BCUT2D eigenvalue weighted by Gasteiger charge is 2.35. The molecule has 3 rings (SSSR count). The Labute approximate surface area is 174 Å². The van der Waals surface area contributed by atoms with Crippen LogP contribution < -0.4 is 14.9 Å². The molecule has 2 amide bonds. The second-order valence-corrected chi connectivity index (χ2v) is 9.48. The zero-order chi connectivity index (χ0) is 21.0. The first-order valence-corrected chi connectivity index (χ1v) is 12.2. The van der Waals surface area contributed by atoms with Gasteiger partial charge in [0, 0.05) is 30.1 Å². The summed E-state index contributed by atoms with van der Waals surface area (Å²) in [5.74, 6) is -0.755. The average Bonchev–Trinajstić information content (AvgIpc) is 3.08. The number of rotatable bonds is 7. The van der Waals surface area contributed by atoms with E-state index in [2.05, 4.69) is 10.0 Å². The zero-order valence-electron chi connectivity index (χ0n) is 16.2. The summed E-state index contributed by atoms with van der Waals surface area (Å²) in [6, 6.07) is 14.5. The highest BCUT2D eigenvalue weighted by molar-refractivity contribution is 7.98. The molecule has 0 spiro atoms. The summed E-state index contributed by atoms with van der Waals surface area (Å²) in [6.07, 6.45) is 3.21. The van der Waals surface area contributed by atoms with Gasteiger partial charge in [0.1, 0.15) is 0 Å². The van der Waals surface area contributed by atoms with Crippen molar-refractivity contribution in [2.24, 2.45) is 5.92 Å². The van der Waals surface area contributed by atoms with Gasteiger partial charge in [-0.1, -0.05) is 18.2 Å². The zero-order valence-corrected chi connectivity index (χ0v) is 17.8. The molecule has 1 atom stereocenters. The molecule has 1 aliphatic heterocycles. The molecule has 0 radical (unpaired) electrons. The van der Waals surface area contributed by atoms with E-state index in [1.807, 2.05) is 30.5 Å². The highest BCUT2D eigenvalue weighted by Crippen LogP contribution is 2.27. The Morgan fingerprint density at radius 1 is 1.17 bits per heavy atom. The quantitative estimate of drug-likeness (QED) is 0.654. The number of carbonyl (C=O) groups excluding carboxylic acids is 2. The van der Waals surface area contributed by atoms with E-state index >= 15 is 0 Å². The summed E-state index contributed by atoms with van der Waals surface area (Å²) >= 11 is 1.62. The van der Waals surface area contributed by atoms with E-state index in [1.54, 1.807) is 40.9 Å². The number of benzene rings is 2. The summed E-state index contributed by atoms with van der Waals surface area (Å²) in [4.78, 5) is 27.7. The topological polar surface area (TPSA) is 95.6 Å². The second kappa shape index (κ2) is 8.87. The molecule has 2 N–H and O–H groups in total. The molecule has 29 heavy (non-hydrogen) atoms. The molecule has 0 bridgehead atoms. The van der Waals surface area contributed by atoms with Gasteiger partial charge in [0.05, 0.1) is 17.9 Å². The van der Waals surface area contributed by atoms with Gasteiger partial charge in [-0.2, -0.15) is 0 Å². The van der Waals surface area contributed by atoms with Crippen molar-refractivity contribution in [1.29, 1.82) is 0 Å². The molecule has 0 aliphatic carbocycles. The van der Waals surface area contributed by atoms with Crippen LogP contribution in [0.2, 0.25) is 0 Å². The van der Waals surface area contributed by atoms with Crippen molar-refractivity contribution in [3.8, 4) is 0 Å². The van der Waals surface area contributed by atoms with Crippen molar-refractivity contribution in [2.45, 2.75) is 17.9 Å². The van der Waals surface area contributed by atoms with Crippen LogP contribution in [-0.4, -0.2) is 39.3 Å². The minimum atomic E-state index is -3.42. The average molecular weight is 434 g/mol. The fourth-order valence-electron chi connectivity index (χ4n) is 3.20. The first-order chi connectivity index (χ1) is 13.8. The van der Waals surface area contributed by atoms with Crippen molar-refractivity contribution >= 4 is 45.0 Å². The summed E-state index contributed by atoms with van der Waals surface area (Å²) < 4.78 is 25.5. The van der Waals surface area contributed by atoms with Gasteiger partial charge in [-0.3, -0.25) is 14.3 Å². The molecule has 9 heteroatoms. The Bertz CT molecular complexity index is 1010. The second-order valence-electron chi connectivity index (χ2n) is 6.85. The Hall–Kier alpha value is -2.52. The number of anilines is 2. The fraction of sp³-hybridized carbons (Fsp3) is 0.300. The van der Waals surface area contributed by atoms with Gasteiger partial charge in [-0.15, -0.1) is 11.8 Å². The number of carbonyl (C=O) groups is 2. The minimum Gasteiger partial charge on any atom is -0.352 e. The minimum absolute atomic E-state index is 0.0822. The number of hydrogen-bond donors (Lipinski definition) is 2. The highest BCUT2D eigenvalue weighted by atomic mass is 32.2. The van der Waals surface area contributed by atoms with Gasteiger partial charge in [0.2, 0.25) is 21.8 Å². The summed E-state index contributed by atoms with van der Waals surface area (Å²) in [5, 5.41) is 2.82. The first kappa shape index (κ1) is 21.2. The monoisotopic (exact) mass is 433 g/mol. The van der Waals surface area contributed by atoms with Crippen LogP contribution in [0.5, 0.6) is 0 Å². The van der Waals surface area contributed by atoms with Gasteiger partial charge in [0.15, 0.2) is 0 Å². The molecular weight excluding hydrogens is 410 g/mol. The Morgan fingerprint density at radius 2 is 1.86 bits per heavy atom. The predicted molar refractivity (Wildman–Crippen MR) is 115 cm³/mol. The van der Waals surface area contributed by atoms with E-state index < -0.39 is 15.9 Å². The lowest BCUT2D eigenvalue weighted by molar-refractivity contribution is -0.126. The predicted octanol–water partition coefficient (Wildman–Crippen LogP) is 2.45. The van der Waals surface area contributed by atoms with Crippen molar-refractivity contribution in [3.63, 3.8) is 0 Å². The SMILES string of the molecule is CSc1ccc(N2CC(C(=O)NCc3ccccc3NS(C)(=O)=O)CC2=O)cc1. The molecule has 1 saturated heterocycles. The molecule has 154 valence electrons. The molecule has 2 aromatic carbocycles. The summed E-state index contributed by atoms with van der Waals surface area (Å²) in [5.41, 5.74) is 1.86. The molecule has 1 heterocycles. The van der Waals surface area contributed by atoms with E-state index in [-0.39, 0.29) is 24.8 Å². The maximum Gasteiger partial charge on any atom is 0.229 e. The van der Waals surface area contributed by atoms with Gasteiger partial charge in [0.25, 0.3) is 0 Å². The lowest BCUT2D eigenvalue weighted by Gasteiger charge is -2.17. The van der Waals surface area contributed by atoms with Crippen molar-refractivity contribution in [1.82, 2.24) is 5.32 Å². The number of nitrogens with zero attached hydrogens (tertiary/aromatic N) is 1. The number of nitrogens with one attached hydrogen (secondary N) is 2. The van der Waals surface area contributed by atoms with E-state index in [0.717, 1.165) is 16.8 Å². The first-order valence-electron chi connectivity index (χ1n) is 9.04. The Kier molecular flexibility index (Phi) is 6.49. The van der Waals surface area contributed by atoms with E-state index in [1.165, 1.54) is 0 Å². The largest absolute Gasteiger partial charge is 0.352 e. The van der Waals surface area contributed by atoms with Crippen LogP contribution in [0.15, 0.2) is 53.4 Å². The molecular formula is C20H23N3O4S2. The number of thioether (sulfide) groups is 1. The van der Waals surface area contributed by atoms with E-state index in [9.17, 15) is 18.0 Å². The molecule has 7 nitrogen and oxygen atoms in total. The fourth-order valence-corrected chi connectivity index (χ4v) is 4.20. The van der Waals surface area contributed by atoms with Crippen LogP contribution >= 0.6 is 11.8 Å². The molecule has 1 unspecified atom stereocenters. The third-order valence-corrected chi connectivity index (χ3v) is 5.98. The van der Waals surface area contributed by atoms with Crippen molar-refractivity contribution in [2.75, 3.05) is 28.7 Å². The van der Waals surface area contributed by atoms with Gasteiger partial charge in [-0.05, 0) is 42.2 Å². The van der Waals surface area contributed by atoms with Gasteiger partial charge in [-0.25, -0.2) is 8.42 Å². The van der Waals surface area contributed by atoms with Crippen LogP contribution in [0.3, 0.4) is 0 Å². The number of amides is 2. The maximum absolute atomic E-state index is 12.6. The van der Waals surface area contributed by atoms with Crippen LogP contribution in [-0.2, 0) is 26.2 Å². The van der Waals surface area contributed by atoms with Gasteiger partial charge < -0.3 is 10.2 Å². The molecule has 2 aromatic rings. The number of hydrogen-bond acceptors (Lipinski definition) is 5. The smallest absolute Gasteiger partial charge is 0.229 e. The van der Waals surface area contributed by atoms with Gasteiger partial charge >= 0.3 is 0 Å². The molecule has 0 aromatic heterocycles. The normalized spacial score (nSPS) is 16.7. The standard InChI is InChI=1S/C20H23N3O4S2/c1-28-17-9-7-16(8-10-17)23-13-15(11-19(23)24)20(25)21-12-14-5-3-4-6-18(14)22-29(2,26)27/h3-10,15,22H,11-13H2,1-2H3,(H,21,25). The summed E-state index contributed by atoms with van der Waals surface area (Å²) in [7, 11) is -3.42. The van der Waals surface area contributed by atoms with Crippen LogP contribution in [0.4, 0.5) is 11.4 Å². The van der Waals surface area contributed by atoms with E-state index in [4.69, 9.17) is 0 Å². The number of sulfonamides is 1. The Balaban J connectivity index is 1.63. The van der Waals surface area contributed by atoms with Crippen LogP contribution in [0.25, 0.3) is 0 Å². The Morgan fingerprint density at radius 3 is 2.52 bits per heavy atom. The lowest BCUT2D eigenvalue weighted by atomic mass is 10.1. The molecule has 0 saturated carbocycles. The van der Waals surface area contributed by atoms with Crippen molar-refractivity contribution in [3.05, 3.63) is 54.1 Å². The number of para-hydroxylation sites is 1. The van der Waals surface area contributed by atoms with E-state index in [0.29, 0.717) is 17.8 Å². The molecule has 1 aliphatic rings. The van der Waals surface area contributed by atoms with Crippen LogP contribution in [0, 0.1) is 5.92 Å². The molecule has 1 fully saturated rings. The third kappa shape index (κ3) is 5.51. The summed E-state index contributed by atoms with van der Waals surface area (Å²) in [6.45, 7) is 0.497. The third-order valence-electron chi connectivity index (χ3n) is 4.65. The maximum atomic E-state index is 12.6.